The van der Waals surface area contributed by atoms with Crippen LogP contribution in [-0.2, 0) is 14.3 Å². The summed E-state index contributed by atoms with van der Waals surface area (Å²) in [5, 5.41) is 12.2. The van der Waals surface area contributed by atoms with E-state index in [0.717, 1.165) is 0 Å². The molecule has 2 aromatic rings. The number of halogens is 1. The number of aromatic hydroxyl groups is 1. The van der Waals surface area contributed by atoms with Gasteiger partial charge in [0, 0.05) is 11.6 Å². The zero-order valence-corrected chi connectivity index (χ0v) is 16.9. The second-order valence-electron chi connectivity index (χ2n) is 7.60. The molecule has 0 bridgehead atoms. The summed E-state index contributed by atoms with van der Waals surface area (Å²) in [5.41, 5.74) is 0.791. The Kier molecular flexibility index (Phi) is 4.50. The molecule has 3 heterocycles. The summed E-state index contributed by atoms with van der Waals surface area (Å²) in [6.07, 6.45) is 0.849. The lowest BCUT2D eigenvalue weighted by Gasteiger charge is -2.36. The van der Waals surface area contributed by atoms with E-state index in [2.05, 4.69) is 4.98 Å². The van der Waals surface area contributed by atoms with Crippen molar-refractivity contribution < 1.29 is 28.6 Å². The summed E-state index contributed by atoms with van der Waals surface area (Å²) < 4.78 is 25.3. The highest BCUT2D eigenvalue weighted by Gasteiger charge is 2.54. The molecule has 2 aliphatic heterocycles. The van der Waals surface area contributed by atoms with Crippen molar-refractivity contribution >= 4 is 28.2 Å². The number of amides is 1. The van der Waals surface area contributed by atoms with E-state index in [1.54, 1.807) is 23.7 Å². The van der Waals surface area contributed by atoms with Crippen molar-refractivity contribution in [2.75, 3.05) is 12.0 Å². The average Bonchev–Trinajstić information content (AvgIpc) is 3.36. The number of anilines is 1. The quantitative estimate of drug-likeness (QED) is 0.804. The Bertz CT molecular complexity index is 1050. The summed E-state index contributed by atoms with van der Waals surface area (Å²) in [6, 6.07) is 3.88. The van der Waals surface area contributed by atoms with Gasteiger partial charge in [-0.2, -0.15) is 0 Å². The number of alkyl halides is 1. The van der Waals surface area contributed by atoms with Gasteiger partial charge in [-0.15, -0.1) is 11.3 Å². The third-order valence-corrected chi connectivity index (χ3v) is 6.70. The molecule has 156 valence electrons. The number of hydrogen-bond acceptors (Lipinski definition) is 7. The molecule has 1 fully saturated rings. The van der Waals surface area contributed by atoms with Gasteiger partial charge in [-0.3, -0.25) is 14.5 Å². The molecule has 5 rings (SSSR count). The lowest BCUT2D eigenvalue weighted by molar-refractivity contribution is -0.133. The highest BCUT2D eigenvalue weighted by atomic mass is 32.1. The molecule has 3 aliphatic rings. The Labute approximate surface area is 175 Å². The molecule has 0 spiro atoms. The number of methoxy groups -OCH3 is 1. The van der Waals surface area contributed by atoms with Gasteiger partial charge in [0.15, 0.2) is 28.2 Å². The third kappa shape index (κ3) is 2.79. The molecule has 9 heteroatoms. The first-order chi connectivity index (χ1) is 14.5. The summed E-state index contributed by atoms with van der Waals surface area (Å²) in [7, 11) is 1.42. The van der Waals surface area contributed by atoms with Crippen molar-refractivity contribution in [1.82, 2.24) is 4.98 Å². The fourth-order valence-electron chi connectivity index (χ4n) is 4.53. The van der Waals surface area contributed by atoms with Gasteiger partial charge in [0.25, 0.3) is 5.91 Å². The topological polar surface area (TPSA) is 89.0 Å². The van der Waals surface area contributed by atoms with Crippen LogP contribution >= 0.6 is 11.3 Å². The number of carbonyl (C=O) groups is 2. The molecule has 1 aliphatic carbocycles. The number of aromatic nitrogens is 1. The summed E-state index contributed by atoms with van der Waals surface area (Å²) in [4.78, 5) is 32.5. The smallest absolute Gasteiger partial charge is 0.296 e. The molecular weight excluding hydrogens is 411 g/mol. The molecule has 30 heavy (non-hydrogen) atoms. The van der Waals surface area contributed by atoms with Crippen LogP contribution in [0.25, 0.3) is 0 Å². The zero-order chi connectivity index (χ0) is 21.0. The van der Waals surface area contributed by atoms with E-state index in [4.69, 9.17) is 9.47 Å². The Morgan fingerprint density at radius 1 is 1.33 bits per heavy atom. The Balaban J connectivity index is 1.65. The number of carbonyl (C=O) groups excluding carboxylic acids is 2. The van der Waals surface area contributed by atoms with Gasteiger partial charge in [-0.25, -0.2) is 9.37 Å². The van der Waals surface area contributed by atoms with Crippen LogP contribution in [0.5, 0.6) is 11.5 Å². The van der Waals surface area contributed by atoms with Crippen molar-refractivity contribution in [2.45, 2.75) is 37.6 Å². The average molecular weight is 430 g/mol. The van der Waals surface area contributed by atoms with Crippen LogP contribution in [0, 0.1) is 5.92 Å². The maximum absolute atomic E-state index is 14.1. The number of thiazole rings is 1. The van der Waals surface area contributed by atoms with Gasteiger partial charge in [-0.1, -0.05) is 6.07 Å². The number of phenols is 1. The van der Waals surface area contributed by atoms with Crippen molar-refractivity contribution in [3.05, 3.63) is 46.7 Å². The lowest BCUT2D eigenvalue weighted by Crippen LogP contribution is -2.42. The van der Waals surface area contributed by atoms with Crippen LogP contribution in [0.2, 0.25) is 0 Å². The number of benzene rings is 1. The molecule has 1 aromatic carbocycles. The van der Waals surface area contributed by atoms with Gasteiger partial charge in [0.2, 0.25) is 0 Å². The molecule has 1 N–H and O–H groups in total. The summed E-state index contributed by atoms with van der Waals surface area (Å²) >= 11 is 1.27. The van der Waals surface area contributed by atoms with Gasteiger partial charge in [0.1, 0.15) is 12.3 Å². The predicted molar refractivity (Wildman–Crippen MR) is 106 cm³/mol. The molecule has 4 unspecified atom stereocenters. The highest BCUT2D eigenvalue weighted by Crippen LogP contribution is 2.49. The van der Waals surface area contributed by atoms with E-state index in [1.165, 1.54) is 29.4 Å². The van der Waals surface area contributed by atoms with Gasteiger partial charge in [-0.05, 0) is 37.0 Å². The molecule has 4 atom stereocenters. The first kappa shape index (κ1) is 19.0. The Hall–Kier alpha value is -2.94. The number of Topliss-reactive ketones (excluding diaryl/α,β-unsaturated/α-hetero) is 1. The first-order valence-electron chi connectivity index (χ1n) is 9.68. The standard InChI is InChI=1S/C21H19FN2O5S/c1-28-15-8-10(2-4-13(15)25)17-16-18(26)12-9-11(22)3-5-14(12)29-19(16)20(27)24(17)21-23-6-7-30-21/h2,4,6-8,11-12,14,17,25H,3,5,9H2,1H3. The number of nitrogens with zero attached hydrogens (tertiary/aromatic N) is 2. The second kappa shape index (κ2) is 7.09. The van der Waals surface area contributed by atoms with Gasteiger partial charge < -0.3 is 14.6 Å². The van der Waals surface area contributed by atoms with Crippen LogP contribution in [0.15, 0.2) is 41.1 Å². The normalized spacial score (nSPS) is 28.3. The van der Waals surface area contributed by atoms with E-state index in [1.807, 2.05) is 0 Å². The maximum Gasteiger partial charge on any atom is 0.296 e. The minimum atomic E-state index is -1.06. The van der Waals surface area contributed by atoms with E-state index >= 15 is 0 Å². The molecular formula is C21H19FN2O5S. The summed E-state index contributed by atoms with van der Waals surface area (Å²) in [6.45, 7) is 0. The minimum Gasteiger partial charge on any atom is -0.504 e. The monoisotopic (exact) mass is 430 g/mol. The zero-order valence-electron chi connectivity index (χ0n) is 16.1. The second-order valence-corrected chi connectivity index (χ2v) is 8.48. The number of ketones is 1. The SMILES string of the molecule is COc1cc(C2C3=C(OC4CCC(F)CC4C3=O)C(=O)N2c2nccs2)ccc1O. The lowest BCUT2D eigenvalue weighted by atomic mass is 9.77. The Morgan fingerprint density at radius 2 is 2.17 bits per heavy atom. The molecule has 0 radical (unpaired) electrons. The number of rotatable bonds is 3. The predicted octanol–water partition coefficient (Wildman–Crippen LogP) is 3.31. The number of hydrogen-bond donors (Lipinski definition) is 1. The van der Waals surface area contributed by atoms with Crippen LogP contribution in [-0.4, -0.2) is 41.2 Å². The third-order valence-electron chi connectivity index (χ3n) is 5.93. The number of ether oxygens (including phenoxy) is 2. The van der Waals surface area contributed by atoms with Crippen LogP contribution in [0.1, 0.15) is 30.9 Å². The maximum atomic E-state index is 14.1. The van der Waals surface area contributed by atoms with Gasteiger partial charge >= 0.3 is 0 Å². The molecule has 1 aromatic heterocycles. The van der Waals surface area contributed by atoms with Crippen LogP contribution in [0.3, 0.4) is 0 Å². The van der Waals surface area contributed by atoms with Crippen molar-refractivity contribution in [3.63, 3.8) is 0 Å². The largest absolute Gasteiger partial charge is 0.504 e. The first-order valence-corrected chi connectivity index (χ1v) is 10.6. The van der Waals surface area contributed by atoms with E-state index in [9.17, 15) is 19.1 Å². The number of phenolic OH excluding ortho intramolecular Hbond substituents is 1. The molecule has 1 amide bonds. The Morgan fingerprint density at radius 3 is 2.90 bits per heavy atom. The van der Waals surface area contributed by atoms with E-state index in [0.29, 0.717) is 23.5 Å². The fourth-order valence-corrected chi connectivity index (χ4v) is 5.19. The molecule has 7 nitrogen and oxygen atoms in total. The fraction of sp³-hybridized carbons (Fsp3) is 0.381. The van der Waals surface area contributed by atoms with Crippen molar-refractivity contribution in [3.8, 4) is 11.5 Å². The van der Waals surface area contributed by atoms with Gasteiger partial charge in [0.05, 0.1) is 24.6 Å². The van der Waals surface area contributed by atoms with E-state index in [-0.39, 0.29) is 35.0 Å². The molecule has 0 saturated heterocycles. The number of fused-ring (bicyclic) bond motifs is 1. The van der Waals surface area contributed by atoms with Crippen molar-refractivity contribution in [1.29, 1.82) is 0 Å². The van der Waals surface area contributed by atoms with Crippen molar-refractivity contribution in [2.24, 2.45) is 5.92 Å². The van der Waals surface area contributed by atoms with Crippen LogP contribution < -0.4 is 9.64 Å². The highest BCUT2D eigenvalue weighted by molar-refractivity contribution is 7.13. The molecule has 1 saturated carbocycles. The minimum absolute atomic E-state index is 0.0193. The van der Waals surface area contributed by atoms with Crippen LogP contribution in [0.4, 0.5) is 9.52 Å². The summed E-state index contributed by atoms with van der Waals surface area (Å²) in [5.74, 6) is -1.13. The van der Waals surface area contributed by atoms with E-state index < -0.39 is 30.1 Å².